The number of likely N-dealkylation sites (N-methyl/N-ethyl adjacent to an activating group) is 1. The molecule has 0 aromatic heterocycles. The van der Waals surface area contributed by atoms with Gasteiger partial charge in [-0.05, 0) is 20.0 Å². The van der Waals surface area contributed by atoms with Crippen molar-refractivity contribution in [3.63, 3.8) is 0 Å². The van der Waals surface area contributed by atoms with Gasteiger partial charge in [0.2, 0.25) is 5.91 Å². The van der Waals surface area contributed by atoms with Gasteiger partial charge < -0.3 is 15.1 Å². The molecule has 1 N–H and O–H groups in total. The second-order valence-electron chi connectivity index (χ2n) is 3.29. The van der Waals surface area contributed by atoms with Crippen LogP contribution in [0, 0.1) is 10.1 Å². The summed E-state index contributed by atoms with van der Waals surface area (Å²) in [5.74, 6) is -0.469. The Bertz CT molecular complexity index is 231. The van der Waals surface area contributed by atoms with Crippen LogP contribution in [0.4, 0.5) is 0 Å². The molecule has 0 rings (SSSR count). The fraction of sp³-hybridized carbons (Fsp3) is 0.889. The molecule has 1 unspecified atom stereocenters. The van der Waals surface area contributed by atoms with Gasteiger partial charge >= 0.3 is 0 Å². The monoisotopic (exact) mass is 233 g/mol. The van der Waals surface area contributed by atoms with Crippen molar-refractivity contribution in [1.82, 2.24) is 10.2 Å². The molecular weight excluding hydrogens is 214 g/mol. The highest BCUT2D eigenvalue weighted by Crippen LogP contribution is 1.91. The van der Waals surface area contributed by atoms with Crippen molar-refractivity contribution in [3.8, 4) is 0 Å². The second kappa shape index (κ2) is 7.86. The summed E-state index contributed by atoms with van der Waals surface area (Å²) in [4.78, 5) is 27.5. The van der Waals surface area contributed by atoms with Crippen LogP contribution in [0.5, 0.6) is 0 Å². The van der Waals surface area contributed by atoms with Crippen LogP contribution in [0.15, 0.2) is 0 Å². The minimum Gasteiger partial charge on any atom is -0.353 e. The minimum absolute atomic E-state index is 0.464. The van der Waals surface area contributed by atoms with Crippen LogP contribution in [0.25, 0.3) is 0 Å². The SMILES string of the molecule is CCN(CC)CCNC(=O)C(C)O[N+](=O)[O-]. The van der Waals surface area contributed by atoms with Crippen molar-refractivity contribution in [2.24, 2.45) is 0 Å². The van der Waals surface area contributed by atoms with E-state index in [0.29, 0.717) is 6.54 Å². The lowest BCUT2D eigenvalue weighted by atomic mass is 10.3. The third kappa shape index (κ3) is 6.18. The molecule has 1 amide bonds. The molecule has 0 aromatic rings. The van der Waals surface area contributed by atoms with E-state index in [0.717, 1.165) is 19.6 Å². The Labute approximate surface area is 94.9 Å². The Morgan fingerprint density at radius 3 is 2.50 bits per heavy atom. The molecule has 0 aliphatic carbocycles. The molecule has 0 aromatic carbocycles. The summed E-state index contributed by atoms with van der Waals surface area (Å²) < 4.78 is 0. The zero-order valence-corrected chi connectivity index (χ0v) is 9.93. The molecule has 7 nitrogen and oxygen atoms in total. The molecule has 0 aliphatic rings. The first-order valence-electron chi connectivity index (χ1n) is 5.32. The number of nitrogens with one attached hydrogen (secondary N) is 1. The van der Waals surface area contributed by atoms with E-state index in [2.05, 4.69) is 15.1 Å². The molecule has 94 valence electrons. The fourth-order valence-electron chi connectivity index (χ4n) is 1.20. The topological polar surface area (TPSA) is 84.7 Å². The van der Waals surface area contributed by atoms with E-state index in [1.807, 2.05) is 13.8 Å². The van der Waals surface area contributed by atoms with Gasteiger partial charge in [-0.25, -0.2) is 0 Å². The summed E-state index contributed by atoms with van der Waals surface area (Å²) in [7, 11) is 0. The maximum Gasteiger partial charge on any atom is 0.295 e. The third-order valence-corrected chi connectivity index (χ3v) is 2.24. The Hall–Kier alpha value is -1.37. The van der Waals surface area contributed by atoms with Crippen molar-refractivity contribution in [2.75, 3.05) is 26.2 Å². The first kappa shape index (κ1) is 14.6. The van der Waals surface area contributed by atoms with E-state index in [1.54, 1.807) is 0 Å². The second-order valence-corrected chi connectivity index (χ2v) is 3.29. The molecular formula is C9H19N3O4. The Kier molecular flexibility index (Phi) is 7.19. The number of carbonyl (C=O) groups excluding carboxylic acids is 1. The highest BCUT2D eigenvalue weighted by Gasteiger charge is 2.16. The van der Waals surface area contributed by atoms with Crippen LogP contribution in [0.3, 0.4) is 0 Å². The van der Waals surface area contributed by atoms with Crippen molar-refractivity contribution >= 4 is 5.91 Å². The van der Waals surface area contributed by atoms with E-state index in [9.17, 15) is 14.9 Å². The fourth-order valence-corrected chi connectivity index (χ4v) is 1.20. The van der Waals surface area contributed by atoms with E-state index >= 15 is 0 Å². The van der Waals surface area contributed by atoms with Gasteiger partial charge in [0, 0.05) is 13.1 Å². The van der Waals surface area contributed by atoms with E-state index in [4.69, 9.17) is 0 Å². The summed E-state index contributed by atoms with van der Waals surface area (Å²) in [5.41, 5.74) is 0. The minimum atomic E-state index is -1.06. The molecule has 0 saturated heterocycles. The quantitative estimate of drug-likeness (QED) is 0.472. The molecule has 7 heteroatoms. The number of hydrogen-bond acceptors (Lipinski definition) is 5. The Morgan fingerprint density at radius 1 is 1.50 bits per heavy atom. The van der Waals surface area contributed by atoms with Gasteiger partial charge in [0.25, 0.3) is 5.09 Å². The first-order chi connectivity index (χ1) is 7.51. The molecule has 0 fully saturated rings. The van der Waals surface area contributed by atoms with Crippen LogP contribution in [0.1, 0.15) is 20.8 Å². The molecule has 0 spiro atoms. The molecule has 1 atom stereocenters. The summed E-state index contributed by atoms with van der Waals surface area (Å²) in [5, 5.41) is 11.6. The van der Waals surface area contributed by atoms with Gasteiger partial charge in [0.05, 0.1) is 0 Å². The highest BCUT2D eigenvalue weighted by molar-refractivity contribution is 5.80. The van der Waals surface area contributed by atoms with Gasteiger partial charge in [0.1, 0.15) is 0 Å². The van der Waals surface area contributed by atoms with E-state index in [1.165, 1.54) is 6.92 Å². The lowest BCUT2D eigenvalue weighted by molar-refractivity contribution is -0.763. The van der Waals surface area contributed by atoms with Crippen LogP contribution in [0.2, 0.25) is 0 Å². The van der Waals surface area contributed by atoms with Gasteiger partial charge in [-0.1, -0.05) is 13.8 Å². The van der Waals surface area contributed by atoms with E-state index < -0.39 is 17.1 Å². The molecule has 0 saturated carbocycles. The number of hydrogen-bond donors (Lipinski definition) is 1. The average molecular weight is 233 g/mol. The van der Waals surface area contributed by atoms with E-state index in [-0.39, 0.29) is 0 Å². The Balaban J connectivity index is 3.76. The largest absolute Gasteiger partial charge is 0.353 e. The van der Waals surface area contributed by atoms with Crippen LogP contribution < -0.4 is 5.32 Å². The number of rotatable bonds is 8. The average Bonchev–Trinajstić information content (AvgIpc) is 2.23. The van der Waals surface area contributed by atoms with Gasteiger partial charge in [0.15, 0.2) is 6.10 Å². The van der Waals surface area contributed by atoms with Gasteiger partial charge in [-0.15, -0.1) is 10.1 Å². The summed E-state index contributed by atoms with van der Waals surface area (Å²) in [6.45, 7) is 8.42. The zero-order valence-electron chi connectivity index (χ0n) is 9.93. The number of amides is 1. The lowest BCUT2D eigenvalue weighted by Crippen LogP contribution is -2.40. The Morgan fingerprint density at radius 2 is 2.06 bits per heavy atom. The lowest BCUT2D eigenvalue weighted by Gasteiger charge is -2.18. The number of nitrogens with zero attached hydrogens (tertiary/aromatic N) is 2. The zero-order chi connectivity index (χ0) is 12.6. The van der Waals surface area contributed by atoms with Gasteiger partial charge in [-0.2, -0.15) is 0 Å². The van der Waals surface area contributed by atoms with Crippen molar-refractivity contribution < 1.29 is 14.7 Å². The maximum atomic E-state index is 11.3. The highest BCUT2D eigenvalue weighted by atomic mass is 17.0. The molecule has 0 heterocycles. The maximum absolute atomic E-state index is 11.3. The van der Waals surface area contributed by atoms with Crippen molar-refractivity contribution in [2.45, 2.75) is 26.9 Å². The summed E-state index contributed by atoms with van der Waals surface area (Å²) >= 11 is 0. The molecule has 0 aliphatic heterocycles. The third-order valence-electron chi connectivity index (χ3n) is 2.24. The molecule has 0 radical (unpaired) electrons. The standard InChI is InChI=1S/C9H19N3O4/c1-4-11(5-2)7-6-10-9(13)8(3)16-12(14)15/h8H,4-7H2,1-3H3,(H,10,13). The summed E-state index contributed by atoms with van der Waals surface area (Å²) in [6.07, 6.45) is -1.06. The predicted octanol–water partition coefficient (Wildman–Crippen LogP) is 0.0412. The predicted molar refractivity (Wildman–Crippen MR) is 58.3 cm³/mol. The molecule has 0 bridgehead atoms. The smallest absolute Gasteiger partial charge is 0.295 e. The normalized spacial score (nSPS) is 12.2. The molecule has 16 heavy (non-hydrogen) atoms. The van der Waals surface area contributed by atoms with Gasteiger partial charge in [-0.3, -0.25) is 4.79 Å². The summed E-state index contributed by atoms with van der Waals surface area (Å²) in [6, 6.07) is 0. The van der Waals surface area contributed by atoms with Crippen LogP contribution in [-0.4, -0.2) is 48.2 Å². The first-order valence-corrected chi connectivity index (χ1v) is 5.32. The van der Waals surface area contributed by atoms with Crippen LogP contribution >= 0.6 is 0 Å². The van der Waals surface area contributed by atoms with Crippen molar-refractivity contribution in [3.05, 3.63) is 10.1 Å². The van der Waals surface area contributed by atoms with Crippen LogP contribution in [-0.2, 0) is 9.63 Å². The van der Waals surface area contributed by atoms with Crippen molar-refractivity contribution in [1.29, 1.82) is 0 Å². The number of carbonyl (C=O) groups is 1.